The lowest BCUT2D eigenvalue weighted by molar-refractivity contribution is 0.0372. The molecule has 0 unspecified atom stereocenters. The molecule has 1 fully saturated rings. The molecular weight excluding hydrogens is 447 g/mol. The van der Waals surface area contributed by atoms with E-state index in [0.717, 1.165) is 65.8 Å². The van der Waals surface area contributed by atoms with Gasteiger partial charge in [0.1, 0.15) is 0 Å². The van der Waals surface area contributed by atoms with Gasteiger partial charge in [0.2, 0.25) is 0 Å². The largest absolute Gasteiger partial charge is 0.379 e. The van der Waals surface area contributed by atoms with Crippen LogP contribution in [0.5, 0.6) is 0 Å². The molecule has 1 amide bonds. The molecule has 4 nitrogen and oxygen atoms in total. The molecule has 0 bridgehead atoms. The lowest BCUT2D eigenvalue weighted by Gasteiger charge is -2.26. The van der Waals surface area contributed by atoms with Crippen molar-refractivity contribution in [1.82, 2.24) is 10.2 Å². The maximum atomic E-state index is 12.1. The van der Waals surface area contributed by atoms with Gasteiger partial charge in [0, 0.05) is 27.7 Å². The topological polar surface area (TPSA) is 41.6 Å². The van der Waals surface area contributed by atoms with E-state index in [4.69, 9.17) is 4.74 Å². The van der Waals surface area contributed by atoms with Gasteiger partial charge in [-0.25, -0.2) is 0 Å². The molecule has 1 aromatic carbocycles. The van der Waals surface area contributed by atoms with Crippen molar-refractivity contribution in [2.45, 2.75) is 12.8 Å². The number of halogens is 2. The Kier molecular flexibility index (Phi) is 7.42. The van der Waals surface area contributed by atoms with Crippen LogP contribution in [0.2, 0.25) is 0 Å². The van der Waals surface area contributed by atoms with Gasteiger partial charge in [-0.15, -0.1) is 0 Å². The van der Waals surface area contributed by atoms with E-state index in [0.29, 0.717) is 0 Å². The number of amides is 1. The van der Waals surface area contributed by atoms with Crippen molar-refractivity contribution in [3.05, 3.63) is 31.8 Å². The lowest BCUT2D eigenvalue weighted by atomic mass is 10.2. The molecule has 116 valence electrons. The molecule has 0 saturated carbocycles. The number of morpholine rings is 1. The maximum absolute atomic E-state index is 12.1. The second kappa shape index (κ2) is 9.07. The molecule has 1 aliphatic rings. The minimum Gasteiger partial charge on any atom is -0.379 e. The van der Waals surface area contributed by atoms with Crippen LogP contribution >= 0.6 is 38.5 Å². The number of unbranched alkanes of at least 4 members (excludes halogenated alkanes) is 1. The van der Waals surface area contributed by atoms with Gasteiger partial charge in [0.05, 0.1) is 18.8 Å². The maximum Gasteiger partial charge on any atom is 0.252 e. The van der Waals surface area contributed by atoms with E-state index >= 15 is 0 Å². The number of rotatable bonds is 6. The van der Waals surface area contributed by atoms with Crippen molar-refractivity contribution in [1.29, 1.82) is 0 Å². The summed E-state index contributed by atoms with van der Waals surface area (Å²) >= 11 is 5.59. The molecule has 6 heteroatoms. The first-order valence-electron chi connectivity index (χ1n) is 7.20. The fourth-order valence-electron chi connectivity index (χ4n) is 2.25. The van der Waals surface area contributed by atoms with E-state index < -0.39 is 0 Å². The van der Waals surface area contributed by atoms with Crippen LogP contribution in [-0.2, 0) is 4.74 Å². The second-order valence-electron chi connectivity index (χ2n) is 5.04. The van der Waals surface area contributed by atoms with E-state index in [1.165, 1.54) is 0 Å². The van der Waals surface area contributed by atoms with Crippen molar-refractivity contribution < 1.29 is 9.53 Å². The van der Waals surface area contributed by atoms with Crippen molar-refractivity contribution in [3.8, 4) is 0 Å². The third kappa shape index (κ3) is 5.84. The molecular formula is C15H20BrIN2O2. The summed E-state index contributed by atoms with van der Waals surface area (Å²) in [6, 6.07) is 5.75. The zero-order valence-electron chi connectivity index (χ0n) is 11.9. The highest BCUT2D eigenvalue weighted by Gasteiger charge is 2.11. The molecule has 0 spiro atoms. The van der Waals surface area contributed by atoms with E-state index in [1.807, 2.05) is 18.2 Å². The predicted molar refractivity (Wildman–Crippen MR) is 95.7 cm³/mol. The predicted octanol–water partition coefficient (Wildman–Crippen LogP) is 2.90. The number of nitrogens with one attached hydrogen (secondary N) is 1. The molecule has 1 aromatic rings. The van der Waals surface area contributed by atoms with E-state index in [1.54, 1.807) is 0 Å². The quantitative estimate of drug-likeness (QED) is 0.517. The summed E-state index contributed by atoms with van der Waals surface area (Å²) in [7, 11) is 0. The van der Waals surface area contributed by atoms with Gasteiger partial charge in [-0.1, -0.05) is 15.9 Å². The Morgan fingerprint density at radius 2 is 2.10 bits per heavy atom. The normalized spacial score (nSPS) is 15.9. The Bertz CT molecular complexity index is 479. The van der Waals surface area contributed by atoms with Crippen LogP contribution < -0.4 is 5.32 Å². The zero-order chi connectivity index (χ0) is 15.1. The highest BCUT2D eigenvalue weighted by molar-refractivity contribution is 14.1. The summed E-state index contributed by atoms with van der Waals surface area (Å²) in [5.74, 6) is 0.00655. The molecule has 1 heterocycles. The number of ether oxygens (including phenoxy) is 1. The van der Waals surface area contributed by atoms with Crippen LogP contribution in [0.25, 0.3) is 0 Å². The Morgan fingerprint density at radius 1 is 1.33 bits per heavy atom. The molecule has 0 atom stereocenters. The van der Waals surface area contributed by atoms with Crippen LogP contribution in [0.15, 0.2) is 22.7 Å². The van der Waals surface area contributed by atoms with Crippen molar-refractivity contribution >= 4 is 44.4 Å². The Labute approximate surface area is 147 Å². The average molecular weight is 467 g/mol. The fourth-order valence-corrected chi connectivity index (χ4v) is 3.20. The Hall–Kier alpha value is -0.180. The van der Waals surface area contributed by atoms with E-state index in [9.17, 15) is 4.79 Å². The van der Waals surface area contributed by atoms with Gasteiger partial charge in [-0.05, 0) is 60.2 Å². The van der Waals surface area contributed by atoms with E-state index in [2.05, 4.69) is 48.7 Å². The van der Waals surface area contributed by atoms with Crippen LogP contribution in [0.3, 0.4) is 0 Å². The standard InChI is InChI=1S/C15H20BrIN2O2/c16-12-3-4-14(17)13(11-12)15(20)18-5-1-2-6-19-7-9-21-10-8-19/h3-4,11H,1-2,5-10H2,(H,18,20). The van der Waals surface area contributed by atoms with Crippen LogP contribution in [0.4, 0.5) is 0 Å². The first-order valence-corrected chi connectivity index (χ1v) is 9.07. The molecule has 0 radical (unpaired) electrons. The molecule has 2 rings (SSSR count). The minimum absolute atomic E-state index is 0.00655. The van der Waals surface area contributed by atoms with E-state index in [-0.39, 0.29) is 5.91 Å². The molecule has 0 aromatic heterocycles. The van der Waals surface area contributed by atoms with Gasteiger partial charge < -0.3 is 10.1 Å². The number of hydrogen-bond acceptors (Lipinski definition) is 3. The van der Waals surface area contributed by atoms with Crippen LogP contribution in [-0.4, -0.2) is 50.2 Å². The van der Waals surface area contributed by atoms with Gasteiger partial charge >= 0.3 is 0 Å². The fraction of sp³-hybridized carbons (Fsp3) is 0.533. The zero-order valence-corrected chi connectivity index (χ0v) is 15.7. The summed E-state index contributed by atoms with van der Waals surface area (Å²) < 4.78 is 7.23. The number of carbonyl (C=O) groups excluding carboxylic acids is 1. The van der Waals surface area contributed by atoms with Gasteiger partial charge in [0.15, 0.2) is 0 Å². The SMILES string of the molecule is O=C(NCCCCN1CCOCC1)c1cc(Br)ccc1I. The van der Waals surface area contributed by atoms with Crippen LogP contribution in [0, 0.1) is 3.57 Å². The summed E-state index contributed by atoms with van der Waals surface area (Å²) in [4.78, 5) is 14.5. The Morgan fingerprint density at radius 3 is 2.86 bits per heavy atom. The average Bonchev–Trinajstić information content (AvgIpc) is 2.50. The van der Waals surface area contributed by atoms with Crippen molar-refractivity contribution in [3.63, 3.8) is 0 Å². The van der Waals surface area contributed by atoms with Crippen molar-refractivity contribution in [2.75, 3.05) is 39.4 Å². The first-order chi connectivity index (χ1) is 10.2. The summed E-state index contributed by atoms with van der Waals surface area (Å²) in [5.41, 5.74) is 0.734. The van der Waals surface area contributed by atoms with Gasteiger partial charge in [-0.2, -0.15) is 0 Å². The van der Waals surface area contributed by atoms with Gasteiger partial charge in [0.25, 0.3) is 5.91 Å². The van der Waals surface area contributed by atoms with Gasteiger partial charge in [-0.3, -0.25) is 9.69 Å². The molecule has 1 aliphatic heterocycles. The molecule has 0 aliphatic carbocycles. The lowest BCUT2D eigenvalue weighted by Crippen LogP contribution is -2.37. The summed E-state index contributed by atoms with van der Waals surface area (Å²) in [6.45, 7) is 5.57. The number of nitrogens with zero attached hydrogens (tertiary/aromatic N) is 1. The summed E-state index contributed by atoms with van der Waals surface area (Å²) in [6.07, 6.45) is 2.11. The smallest absolute Gasteiger partial charge is 0.252 e. The third-order valence-corrected chi connectivity index (χ3v) is 4.90. The minimum atomic E-state index is 0.00655. The molecule has 1 N–H and O–H groups in total. The number of benzene rings is 1. The molecule has 1 saturated heterocycles. The number of hydrogen-bond donors (Lipinski definition) is 1. The molecule has 21 heavy (non-hydrogen) atoms. The van der Waals surface area contributed by atoms with Crippen molar-refractivity contribution in [2.24, 2.45) is 0 Å². The Balaban J connectivity index is 1.66. The monoisotopic (exact) mass is 466 g/mol. The highest BCUT2D eigenvalue weighted by atomic mass is 127. The number of carbonyl (C=O) groups is 1. The summed E-state index contributed by atoms with van der Waals surface area (Å²) in [5, 5.41) is 3.00. The van der Waals surface area contributed by atoms with Crippen LogP contribution in [0.1, 0.15) is 23.2 Å². The highest BCUT2D eigenvalue weighted by Crippen LogP contribution is 2.18. The second-order valence-corrected chi connectivity index (χ2v) is 7.12. The third-order valence-electron chi connectivity index (χ3n) is 3.46. The first kappa shape index (κ1) is 17.2.